The molecule has 3 heterocycles. The summed E-state index contributed by atoms with van der Waals surface area (Å²) in [6.07, 6.45) is 7.66. The molecule has 5 nitrogen and oxygen atoms in total. The molecule has 1 atom stereocenters. The molecule has 5 heteroatoms. The first-order valence-electron chi connectivity index (χ1n) is 8.82. The summed E-state index contributed by atoms with van der Waals surface area (Å²) in [5, 5.41) is 0. The van der Waals surface area contributed by atoms with Crippen molar-refractivity contribution in [1.29, 1.82) is 0 Å². The van der Waals surface area contributed by atoms with Crippen molar-refractivity contribution < 1.29 is 0 Å². The summed E-state index contributed by atoms with van der Waals surface area (Å²) in [5.41, 5.74) is 0. The zero-order valence-corrected chi connectivity index (χ0v) is 13.8. The number of anilines is 1. The van der Waals surface area contributed by atoms with Gasteiger partial charge in [0.2, 0.25) is 5.95 Å². The van der Waals surface area contributed by atoms with Crippen LogP contribution in [-0.4, -0.2) is 72.1 Å². The number of piperidine rings is 1. The highest BCUT2D eigenvalue weighted by Gasteiger charge is 2.23. The molecule has 0 amide bonds. The summed E-state index contributed by atoms with van der Waals surface area (Å²) in [4.78, 5) is 16.4. The standard InChI is InChI=1S/C17H29N5/c1-2-20-9-3-6-16(14-20)15-21-10-5-11-22(13-12-21)17-18-7-4-8-19-17/h4,7-8,16H,2-3,5-6,9-15H2,1H3. The van der Waals surface area contributed by atoms with Gasteiger partial charge in [-0.2, -0.15) is 0 Å². The van der Waals surface area contributed by atoms with E-state index in [1.54, 1.807) is 0 Å². The monoisotopic (exact) mass is 303 g/mol. The van der Waals surface area contributed by atoms with E-state index in [2.05, 4.69) is 31.6 Å². The number of likely N-dealkylation sites (tertiary alicyclic amines) is 1. The maximum absolute atomic E-state index is 4.40. The van der Waals surface area contributed by atoms with Crippen molar-refractivity contribution in [2.45, 2.75) is 26.2 Å². The molecule has 1 aromatic heterocycles. The highest BCUT2D eigenvalue weighted by Crippen LogP contribution is 2.18. The number of nitrogens with zero attached hydrogens (tertiary/aromatic N) is 5. The molecule has 2 saturated heterocycles. The molecule has 0 radical (unpaired) electrons. The van der Waals surface area contributed by atoms with Gasteiger partial charge in [-0.05, 0) is 50.9 Å². The lowest BCUT2D eigenvalue weighted by Crippen LogP contribution is -2.42. The second kappa shape index (κ2) is 7.88. The Bertz CT molecular complexity index is 438. The van der Waals surface area contributed by atoms with Gasteiger partial charge in [-0.1, -0.05) is 6.92 Å². The largest absolute Gasteiger partial charge is 0.339 e. The highest BCUT2D eigenvalue weighted by molar-refractivity contribution is 5.28. The van der Waals surface area contributed by atoms with E-state index in [1.165, 1.54) is 52.0 Å². The van der Waals surface area contributed by atoms with Gasteiger partial charge in [0, 0.05) is 45.1 Å². The van der Waals surface area contributed by atoms with Gasteiger partial charge in [-0.15, -0.1) is 0 Å². The van der Waals surface area contributed by atoms with Crippen LogP contribution in [0.4, 0.5) is 5.95 Å². The third-order valence-electron chi connectivity index (χ3n) is 4.99. The molecule has 0 bridgehead atoms. The molecule has 2 aliphatic heterocycles. The normalized spacial score (nSPS) is 25.1. The minimum atomic E-state index is 0.855. The van der Waals surface area contributed by atoms with Crippen LogP contribution in [0.3, 0.4) is 0 Å². The van der Waals surface area contributed by atoms with Crippen LogP contribution in [0.25, 0.3) is 0 Å². The van der Waals surface area contributed by atoms with Gasteiger partial charge in [0.15, 0.2) is 0 Å². The summed E-state index contributed by atoms with van der Waals surface area (Å²) in [7, 11) is 0. The van der Waals surface area contributed by atoms with E-state index in [1.807, 2.05) is 18.5 Å². The van der Waals surface area contributed by atoms with Gasteiger partial charge >= 0.3 is 0 Å². The van der Waals surface area contributed by atoms with E-state index >= 15 is 0 Å². The Morgan fingerprint density at radius 3 is 2.64 bits per heavy atom. The molecular formula is C17H29N5. The Morgan fingerprint density at radius 1 is 1.00 bits per heavy atom. The molecule has 0 N–H and O–H groups in total. The van der Waals surface area contributed by atoms with Gasteiger partial charge in [0.05, 0.1) is 0 Å². The Kier molecular flexibility index (Phi) is 5.62. The first-order chi connectivity index (χ1) is 10.8. The second-order valence-electron chi connectivity index (χ2n) is 6.59. The molecule has 0 saturated carbocycles. The molecule has 3 rings (SSSR count). The van der Waals surface area contributed by atoms with Gasteiger partial charge in [-0.25, -0.2) is 9.97 Å². The zero-order chi connectivity index (χ0) is 15.2. The van der Waals surface area contributed by atoms with E-state index < -0.39 is 0 Å². The average molecular weight is 303 g/mol. The van der Waals surface area contributed by atoms with Crippen molar-refractivity contribution in [3.8, 4) is 0 Å². The van der Waals surface area contributed by atoms with Crippen molar-refractivity contribution >= 4 is 5.95 Å². The molecule has 0 aromatic carbocycles. The molecule has 122 valence electrons. The summed E-state index contributed by atoms with van der Waals surface area (Å²) in [6, 6.07) is 1.89. The van der Waals surface area contributed by atoms with E-state index in [-0.39, 0.29) is 0 Å². The topological polar surface area (TPSA) is 35.5 Å². The third-order valence-corrected chi connectivity index (χ3v) is 4.99. The number of aromatic nitrogens is 2. The molecular weight excluding hydrogens is 274 g/mol. The Hall–Kier alpha value is -1.20. The fraction of sp³-hybridized carbons (Fsp3) is 0.765. The van der Waals surface area contributed by atoms with E-state index in [9.17, 15) is 0 Å². The van der Waals surface area contributed by atoms with E-state index in [4.69, 9.17) is 0 Å². The van der Waals surface area contributed by atoms with Crippen LogP contribution in [0.2, 0.25) is 0 Å². The number of hydrogen-bond acceptors (Lipinski definition) is 5. The smallest absolute Gasteiger partial charge is 0.225 e. The molecule has 0 spiro atoms. The lowest BCUT2D eigenvalue weighted by molar-refractivity contribution is 0.140. The first kappa shape index (κ1) is 15.7. The van der Waals surface area contributed by atoms with Crippen molar-refractivity contribution in [3.05, 3.63) is 18.5 Å². The zero-order valence-electron chi connectivity index (χ0n) is 13.8. The number of hydrogen-bond donors (Lipinski definition) is 0. The molecule has 1 aromatic rings. The maximum atomic E-state index is 4.40. The van der Waals surface area contributed by atoms with Crippen LogP contribution in [-0.2, 0) is 0 Å². The summed E-state index contributed by atoms with van der Waals surface area (Å²) >= 11 is 0. The SMILES string of the molecule is CCN1CCCC(CN2CCCN(c3ncccn3)CC2)C1. The minimum absolute atomic E-state index is 0.855. The van der Waals surface area contributed by atoms with E-state index in [0.29, 0.717) is 0 Å². The predicted octanol–water partition coefficient (Wildman–Crippen LogP) is 1.72. The van der Waals surface area contributed by atoms with Crippen LogP contribution in [0.5, 0.6) is 0 Å². The van der Waals surface area contributed by atoms with Crippen LogP contribution in [0.15, 0.2) is 18.5 Å². The quantitative estimate of drug-likeness (QED) is 0.846. The predicted molar refractivity (Wildman–Crippen MR) is 90.1 cm³/mol. The van der Waals surface area contributed by atoms with Crippen molar-refractivity contribution in [2.24, 2.45) is 5.92 Å². The van der Waals surface area contributed by atoms with Crippen LogP contribution in [0.1, 0.15) is 26.2 Å². The summed E-state index contributed by atoms with van der Waals surface area (Å²) < 4.78 is 0. The molecule has 1 unspecified atom stereocenters. The van der Waals surface area contributed by atoms with Crippen molar-refractivity contribution in [1.82, 2.24) is 19.8 Å². The Labute approximate surface area is 134 Å². The van der Waals surface area contributed by atoms with Gasteiger partial charge in [0.25, 0.3) is 0 Å². The number of rotatable bonds is 4. The van der Waals surface area contributed by atoms with Crippen molar-refractivity contribution in [2.75, 3.05) is 57.3 Å². The summed E-state index contributed by atoms with van der Waals surface area (Å²) in [5.74, 6) is 1.74. The lowest BCUT2D eigenvalue weighted by Gasteiger charge is -2.34. The van der Waals surface area contributed by atoms with Crippen molar-refractivity contribution in [3.63, 3.8) is 0 Å². The first-order valence-corrected chi connectivity index (χ1v) is 8.82. The maximum Gasteiger partial charge on any atom is 0.225 e. The van der Waals surface area contributed by atoms with Crippen LogP contribution >= 0.6 is 0 Å². The fourth-order valence-electron chi connectivity index (χ4n) is 3.76. The lowest BCUT2D eigenvalue weighted by atomic mass is 9.97. The fourth-order valence-corrected chi connectivity index (χ4v) is 3.76. The highest BCUT2D eigenvalue weighted by atomic mass is 15.3. The van der Waals surface area contributed by atoms with Crippen LogP contribution < -0.4 is 4.90 Å². The molecule has 2 fully saturated rings. The Balaban J connectivity index is 1.50. The minimum Gasteiger partial charge on any atom is -0.339 e. The van der Waals surface area contributed by atoms with Crippen LogP contribution in [0, 0.1) is 5.92 Å². The molecule has 0 aliphatic carbocycles. The Morgan fingerprint density at radius 2 is 1.82 bits per heavy atom. The van der Waals surface area contributed by atoms with Gasteiger partial charge in [0.1, 0.15) is 0 Å². The second-order valence-corrected chi connectivity index (χ2v) is 6.59. The van der Waals surface area contributed by atoms with E-state index in [0.717, 1.165) is 31.5 Å². The average Bonchev–Trinajstić information content (AvgIpc) is 2.81. The summed E-state index contributed by atoms with van der Waals surface area (Å²) in [6.45, 7) is 11.8. The van der Waals surface area contributed by atoms with Gasteiger partial charge < -0.3 is 14.7 Å². The van der Waals surface area contributed by atoms with Gasteiger partial charge in [-0.3, -0.25) is 0 Å². The third kappa shape index (κ3) is 4.17. The molecule has 22 heavy (non-hydrogen) atoms. The molecule has 2 aliphatic rings.